The molecular formula is C24H32N2O3. The topological polar surface area (TPSA) is 50.8 Å². The molecule has 2 aromatic rings. The second-order valence-electron chi connectivity index (χ2n) is 8.10. The monoisotopic (exact) mass is 396 g/mol. The smallest absolute Gasteiger partial charge is 0.265 e. The second-order valence-corrected chi connectivity index (χ2v) is 8.10. The number of benzene rings is 2. The third-order valence-corrected chi connectivity index (χ3v) is 5.53. The molecule has 156 valence electrons. The van der Waals surface area contributed by atoms with Crippen molar-refractivity contribution in [3.63, 3.8) is 0 Å². The fourth-order valence-corrected chi connectivity index (χ4v) is 3.52. The molecule has 0 bridgehead atoms. The molecule has 1 fully saturated rings. The molecule has 1 amide bonds. The van der Waals surface area contributed by atoms with Crippen molar-refractivity contribution in [2.24, 2.45) is 0 Å². The van der Waals surface area contributed by atoms with Crippen molar-refractivity contribution < 1.29 is 14.3 Å². The van der Waals surface area contributed by atoms with Gasteiger partial charge in [0.25, 0.3) is 5.91 Å². The van der Waals surface area contributed by atoms with Gasteiger partial charge in [0.2, 0.25) is 0 Å². The molecule has 1 saturated heterocycles. The highest BCUT2D eigenvalue weighted by Gasteiger charge is 2.19. The first-order chi connectivity index (χ1) is 13.8. The lowest BCUT2D eigenvalue weighted by Gasteiger charge is -2.29. The highest BCUT2D eigenvalue weighted by Crippen LogP contribution is 2.25. The molecule has 0 aliphatic carbocycles. The molecule has 1 heterocycles. The van der Waals surface area contributed by atoms with Crippen molar-refractivity contribution in [2.45, 2.75) is 52.7 Å². The summed E-state index contributed by atoms with van der Waals surface area (Å²) in [5.41, 5.74) is 4.08. The Morgan fingerprint density at radius 3 is 2.41 bits per heavy atom. The number of amides is 1. The molecule has 1 aliphatic heterocycles. The summed E-state index contributed by atoms with van der Waals surface area (Å²) in [7, 11) is 2.14. The molecule has 0 radical (unpaired) electrons. The number of hydrogen-bond acceptors (Lipinski definition) is 4. The molecule has 2 aromatic carbocycles. The van der Waals surface area contributed by atoms with E-state index in [0.717, 1.165) is 59.8 Å². The largest absolute Gasteiger partial charge is 0.490 e. The quantitative estimate of drug-likeness (QED) is 0.782. The summed E-state index contributed by atoms with van der Waals surface area (Å²) in [6.07, 6.45) is 1.76. The van der Waals surface area contributed by atoms with Crippen LogP contribution in [0.5, 0.6) is 11.5 Å². The Kier molecular flexibility index (Phi) is 6.80. The molecule has 5 nitrogen and oxygen atoms in total. The van der Waals surface area contributed by atoms with Gasteiger partial charge in [-0.3, -0.25) is 4.79 Å². The van der Waals surface area contributed by atoms with E-state index in [1.807, 2.05) is 44.2 Å². The summed E-state index contributed by atoms with van der Waals surface area (Å²) < 4.78 is 12.0. The van der Waals surface area contributed by atoms with Crippen LogP contribution in [-0.2, 0) is 4.79 Å². The number of nitrogens with one attached hydrogen (secondary N) is 1. The van der Waals surface area contributed by atoms with Gasteiger partial charge in [-0.05, 0) is 94.6 Å². The average Bonchev–Trinajstić information content (AvgIpc) is 2.69. The third kappa shape index (κ3) is 5.73. The summed E-state index contributed by atoms with van der Waals surface area (Å²) >= 11 is 0. The van der Waals surface area contributed by atoms with Crippen molar-refractivity contribution in [1.82, 2.24) is 4.90 Å². The number of piperidine rings is 1. The molecule has 1 N–H and O–H groups in total. The molecule has 1 aliphatic rings. The molecular weight excluding hydrogens is 364 g/mol. The lowest BCUT2D eigenvalue weighted by atomic mass is 10.1. The zero-order chi connectivity index (χ0) is 21.0. The van der Waals surface area contributed by atoms with Crippen molar-refractivity contribution in [2.75, 3.05) is 25.5 Å². The lowest BCUT2D eigenvalue weighted by Crippen LogP contribution is -2.35. The normalized spacial score (nSPS) is 16.3. The number of hydrogen-bond donors (Lipinski definition) is 1. The van der Waals surface area contributed by atoms with E-state index in [0.29, 0.717) is 0 Å². The highest BCUT2D eigenvalue weighted by atomic mass is 16.5. The standard InChI is InChI=1S/C24H32N2O3/c1-16-14-17(2)18(3)23(15-16)28-19(4)24(27)25-20-6-8-21(9-7-20)29-22-10-12-26(5)13-11-22/h6-9,14-15,19,22H,10-13H2,1-5H3,(H,25,27)/t19-/m1/s1. The van der Waals surface area contributed by atoms with E-state index in [1.54, 1.807) is 6.92 Å². The Labute approximate surface area is 174 Å². The Morgan fingerprint density at radius 2 is 1.76 bits per heavy atom. The zero-order valence-electron chi connectivity index (χ0n) is 18.1. The Morgan fingerprint density at radius 1 is 1.10 bits per heavy atom. The maximum absolute atomic E-state index is 12.6. The Hall–Kier alpha value is -2.53. The molecule has 5 heteroatoms. The molecule has 0 saturated carbocycles. The first-order valence-corrected chi connectivity index (χ1v) is 10.3. The van der Waals surface area contributed by atoms with E-state index in [4.69, 9.17) is 9.47 Å². The molecule has 0 unspecified atom stereocenters. The predicted octanol–water partition coefficient (Wildman–Crippen LogP) is 4.49. The van der Waals surface area contributed by atoms with Crippen LogP contribution in [0.3, 0.4) is 0 Å². The van der Waals surface area contributed by atoms with Gasteiger partial charge in [-0.25, -0.2) is 0 Å². The van der Waals surface area contributed by atoms with Crippen molar-refractivity contribution in [3.8, 4) is 11.5 Å². The van der Waals surface area contributed by atoms with E-state index in [2.05, 4.69) is 30.3 Å². The molecule has 0 aromatic heterocycles. The maximum atomic E-state index is 12.6. The van der Waals surface area contributed by atoms with Crippen LogP contribution in [0.1, 0.15) is 36.5 Å². The SMILES string of the molecule is Cc1cc(C)c(C)c(O[C@H](C)C(=O)Nc2ccc(OC3CCN(C)CC3)cc2)c1. The molecule has 1 atom stereocenters. The van der Waals surface area contributed by atoms with Crippen LogP contribution in [0.4, 0.5) is 5.69 Å². The van der Waals surface area contributed by atoms with Crippen LogP contribution >= 0.6 is 0 Å². The van der Waals surface area contributed by atoms with Crippen LogP contribution in [0, 0.1) is 20.8 Å². The average molecular weight is 397 g/mol. The third-order valence-electron chi connectivity index (χ3n) is 5.53. The molecule has 0 spiro atoms. The minimum Gasteiger partial charge on any atom is -0.490 e. The van der Waals surface area contributed by atoms with E-state index in [1.165, 1.54) is 0 Å². The van der Waals surface area contributed by atoms with Gasteiger partial charge in [0.15, 0.2) is 6.10 Å². The number of likely N-dealkylation sites (tertiary alicyclic amines) is 1. The van der Waals surface area contributed by atoms with Crippen molar-refractivity contribution in [3.05, 3.63) is 53.1 Å². The van der Waals surface area contributed by atoms with E-state index >= 15 is 0 Å². The van der Waals surface area contributed by atoms with Crippen LogP contribution in [-0.4, -0.2) is 43.2 Å². The summed E-state index contributed by atoms with van der Waals surface area (Å²) in [6, 6.07) is 11.7. The van der Waals surface area contributed by atoms with Crippen LogP contribution in [0.15, 0.2) is 36.4 Å². The minimum absolute atomic E-state index is 0.174. The summed E-state index contributed by atoms with van der Waals surface area (Å²) in [5.74, 6) is 1.42. The number of rotatable bonds is 6. The van der Waals surface area contributed by atoms with Gasteiger partial charge in [0, 0.05) is 18.8 Å². The molecule has 29 heavy (non-hydrogen) atoms. The summed E-state index contributed by atoms with van der Waals surface area (Å²) in [6.45, 7) is 9.99. The number of nitrogens with zero attached hydrogens (tertiary/aromatic N) is 1. The first kappa shape index (κ1) is 21.2. The van der Waals surface area contributed by atoms with Crippen molar-refractivity contribution in [1.29, 1.82) is 0 Å². The van der Waals surface area contributed by atoms with Crippen LogP contribution in [0.2, 0.25) is 0 Å². The lowest BCUT2D eigenvalue weighted by molar-refractivity contribution is -0.122. The maximum Gasteiger partial charge on any atom is 0.265 e. The number of carbonyl (C=O) groups excluding carboxylic acids is 1. The van der Waals surface area contributed by atoms with E-state index in [-0.39, 0.29) is 12.0 Å². The predicted molar refractivity (Wildman–Crippen MR) is 117 cm³/mol. The zero-order valence-corrected chi connectivity index (χ0v) is 18.1. The van der Waals surface area contributed by atoms with Gasteiger partial charge in [-0.1, -0.05) is 6.07 Å². The van der Waals surface area contributed by atoms with Gasteiger partial charge < -0.3 is 19.7 Å². The number of aryl methyl sites for hydroxylation is 2. The minimum atomic E-state index is -0.593. The van der Waals surface area contributed by atoms with Gasteiger partial charge in [0.05, 0.1) is 0 Å². The fourth-order valence-electron chi connectivity index (χ4n) is 3.52. The van der Waals surface area contributed by atoms with Gasteiger partial charge in [-0.2, -0.15) is 0 Å². The fraction of sp³-hybridized carbons (Fsp3) is 0.458. The van der Waals surface area contributed by atoms with Gasteiger partial charge >= 0.3 is 0 Å². The number of carbonyl (C=O) groups is 1. The summed E-state index contributed by atoms with van der Waals surface area (Å²) in [4.78, 5) is 14.9. The number of ether oxygens (including phenoxy) is 2. The van der Waals surface area contributed by atoms with Gasteiger partial charge in [-0.15, -0.1) is 0 Å². The Bertz CT molecular complexity index is 840. The van der Waals surface area contributed by atoms with Crippen LogP contribution < -0.4 is 14.8 Å². The highest BCUT2D eigenvalue weighted by molar-refractivity contribution is 5.94. The second kappa shape index (κ2) is 9.31. The first-order valence-electron chi connectivity index (χ1n) is 10.3. The Balaban J connectivity index is 1.55. The van der Waals surface area contributed by atoms with Crippen molar-refractivity contribution >= 4 is 11.6 Å². The van der Waals surface area contributed by atoms with E-state index in [9.17, 15) is 4.79 Å². The summed E-state index contributed by atoms with van der Waals surface area (Å²) in [5, 5.41) is 2.92. The van der Waals surface area contributed by atoms with E-state index < -0.39 is 6.10 Å². The van der Waals surface area contributed by atoms with Crippen LogP contribution in [0.25, 0.3) is 0 Å². The number of anilines is 1. The van der Waals surface area contributed by atoms with Gasteiger partial charge in [0.1, 0.15) is 17.6 Å². The molecule has 3 rings (SSSR count).